The smallest absolute Gasteiger partial charge is 0.239 e. The summed E-state index contributed by atoms with van der Waals surface area (Å²) >= 11 is 0. The zero-order valence-electron chi connectivity index (χ0n) is 11.2. The molecule has 0 saturated heterocycles. The normalized spacial score (nSPS) is 10.4. The number of aliphatic hydroxyl groups excluding tert-OH is 1. The fraction of sp³-hybridized carbons (Fsp3) is 0.615. The van der Waals surface area contributed by atoms with Gasteiger partial charge in [0.1, 0.15) is 5.82 Å². The lowest BCUT2D eigenvalue weighted by atomic mass is 10.2. The third-order valence-corrected chi connectivity index (χ3v) is 2.70. The minimum atomic E-state index is 0.262. The van der Waals surface area contributed by atoms with Gasteiger partial charge in [0.25, 0.3) is 0 Å². The van der Waals surface area contributed by atoms with Crippen molar-refractivity contribution in [2.45, 2.75) is 26.2 Å². The second kappa shape index (κ2) is 7.76. The number of hydrogen-bond acceptors (Lipinski definition) is 5. The van der Waals surface area contributed by atoms with Gasteiger partial charge in [0, 0.05) is 20.2 Å². The average molecular weight is 253 g/mol. The summed E-state index contributed by atoms with van der Waals surface area (Å²) in [6.45, 7) is 3.63. The van der Waals surface area contributed by atoms with Gasteiger partial charge >= 0.3 is 0 Å². The first-order chi connectivity index (χ1) is 8.69. The van der Waals surface area contributed by atoms with E-state index in [0.29, 0.717) is 18.2 Å². The molecule has 5 nitrogen and oxygen atoms in total. The van der Waals surface area contributed by atoms with Gasteiger partial charge in [-0.2, -0.15) is 4.98 Å². The Bertz CT molecular complexity index is 358. The highest BCUT2D eigenvalue weighted by Crippen LogP contribution is 2.22. The number of nitrogens with two attached hydrogens (primary N) is 1. The molecule has 0 unspecified atom stereocenters. The Labute approximate surface area is 109 Å². The third kappa shape index (κ3) is 4.41. The summed E-state index contributed by atoms with van der Waals surface area (Å²) in [5, 5.41) is 8.72. The number of hydrogen-bond donors (Lipinski definition) is 2. The van der Waals surface area contributed by atoms with E-state index in [2.05, 4.69) is 9.88 Å². The Kier molecular flexibility index (Phi) is 6.28. The lowest BCUT2D eigenvalue weighted by Crippen LogP contribution is -2.20. The molecule has 1 aromatic rings. The average Bonchev–Trinajstić information content (AvgIpc) is 2.37. The summed E-state index contributed by atoms with van der Waals surface area (Å²) in [5.41, 5.74) is 6.35. The van der Waals surface area contributed by atoms with Crippen LogP contribution in [0.3, 0.4) is 0 Å². The maximum Gasteiger partial charge on any atom is 0.239 e. The molecule has 1 rings (SSSR count). The minimum Gasteiger partial charge on any atom is -0.476 e. The van der Waals surface area contributed by atoms with Gasteiger partial charge in [0.15, 0.2) is 0 Å². The van der Waals surface area contributed by atoms with Gasteiger partial charge in [-0.15, -0.1) is 0 Å². The van der Waals surface area contributed by atoms with E-state index in [4.69, 9.17) is 15.6 Å². The minimum absolute atomic E-state index is 0.262. The lowest BCUT2D eigenvalue weighted by Gasteiger charge is -2.19. The van der Waals surface area contributed by atoms with Crippen LogP contribution in [-0.4, -0.2) is 36.9 Å². The summed E-state index contributed by atoms with van der Waals surface area (Å²) in [6.07, 6.45) is 2.91. The number of nitrogen functional groups attached to an aromatic ring is 1. The maximum atomic E-state index is 8.72. The zero-order chi connectivity index (χ0) is 13.4. The van der Waals surface area contributed by atoms with E-state index in [0.717, 1.165) is 31.6 Å². The Balaban J connectivity index is 2.56. The van der Waals surface area contributed by atoms with Crippen LogP contribution in [-0.2, 0) is 0 Å². The molecule has 0 fully saturated rings. The van der Waals surface area contributed by atoms with Crippen LogP contribution in [0.1, 0.15) is 26.2 Å². The van der Waals surface area contributed by atoms with Crippen molar-refractivity contribution in [2.24, 2.45) is 0 Å². The first-order valence-corrected chi connectivity index (χ1v) is 6.40. The number of aliphatic hydroxyl groups is 1. The molecule has 0 bridgehead atoms. The number of aromatic nitrogens is 1. The fourth-order valence-electron chi connectivity index (χ4n) is 1.66. The first kappa shape index (κ1) is 14.6. The van der Waals surface area contributed by atoms with Crippen LogP contribution in [0.15, 0.2) is 12.1 Å². The number of unbranched alkanes of at least 4 members (excludes halogenated alkanes) is 2. The third-order valence-electron chi connectivity index (χ3n) is 2.70. The van der Waals surface area contributed by atoms with E-state index in [1.165, 1.54) is 0 Å². The molecule has 1 heterocycles. The number of nitrogens with zero attached hydrogens (tertiary/aromatic N) is 2. The molecule has 1 aromatic heterocycles. The fourth-order valence-corrected chi connectivity index (χ4v) is 1.66. The largest absolute Gasteiger partial charge is 0.476 e. The summed E-state index contributed by atoms with van der Waals surface area (Å²) in [6, 6.07) is 3.71. The molecule has 0 atom stereocenters. The molecule has 18 heavy (non-hydrogen) atoms. The van der Waals surface area contributed by atoms with Crippen molar-refractivity contribution in [2.75, 3.05) is 37.4 Å². The molecule has 0 aliphatic rings. The molecular formula is C13H23N3O2. The first-order valence-electron chi connectivity index (χ1n) is 6.40. The molecule has 5 heteroatoms. The summed E-state index contributed by atoms with van der Waals surface area (Å²) in [4.78, 5) is 6.46. The Morgan fingerprint density at radius 2 is 2.11 bits per heavy atom. The van der Waals surface area contributed by atoms with Crippen LogP contribution in [0, 0.1) is 0 Å². The lowest BCUT2D eigenvalue weighted by molar-refractivity contribution is 0.283. The van der Waals surface area contributed by atoms with E-state index < -0.39 is 0 Å². The standard InChI is InChI=1S/C13H23N3O2/c1-3-18-13-11(14)7-8-12(15-13)16(2)9-5-4-6-10-17/h7-8,17H,3-6,9-10,14H2,1-2H3. The second-order valence-electron chi connectivity index (χ2n) is 4.20. The summed E-state index contributed by atoms with van der Waals surface area (Å²) < 4.78 is 5.37. The van der Waals surface area contributed by atoms with Crippen LogP contribution in [0.4, 0.5) is 11.5 Å². The van der Waals surface area contributed by atoms with Crippen LogP contribution in [0.25, 0.3) is 0 Å². The number of ether oxygens (including phenoxy) is 1. The predicted molar refractivity (Wildman–Crippen MR) is 74.0 cm³/mol. The SMILES string of the molecule is CCOc1nc(N(C)CCCCCO)ccc1N. The quantitative estimate of drug-likeness (QED) is 0.689. The highest BCUT2D eigenvalue weighted by molar-refractivity contribution is 5.54. The van der Waals surface area contributed by atoms with Crippen molar-refractivity contribution >= 4 is 11.5 Å². The van der Waals surface area contributed by atoms with Gasteiger partial charge in [-0.25, -0.2) is 0 Å². The van der Waals surface area contributed by atoms with Crippen molar-refractivity contribution < 1.29 is 9.84 Å². The van der Waals surface area contributed by atoms with Crippen molar-refractivity contribution in [1.29, 1.82) is 0 Å². The van der Waals surface area contributed by atoms with Gasteiger partial charge in [0.05, 0.1) is 12.3 Å². The topological polar surface area (TPSA) is 71.6 Å². The van der Waals surface area contributed by atoms with Crippen LogP contribution >= 0.6 is 0 Å². The molecule has 3 N–H and O–H groups in total. The molecule has 102 valence electrons. The monoisotopic (exact) mass is 253 g/mol. The van der Waals surface area contributed by atoms with Crippen LogP contribution < -0.4 is 15.4 Å². The van der Waals surface area contributed by atoms with Crippen molar-refractivity contribution in [1.82, 2.24) is 4.98 Å². The molecule has 0 amide bonds. The number of pyridine rings is 1. The zero-order valence-corrected chi connectivity index (χ0v) is 11.2. The van der Waals surface area contributed by atoms with Gasteiger partial charge in [-0.3, -0.25) is 0 Å². The molecule has 0 aliphatic carbocycles. The molecule has 0 spiro atoms. The van der Waals surface area contributed by atoms with Crippen LogP contribution in [0.5, 0.6) is 5.88 Å². The molecule has 0 aliphatic heterocycles. The highest BCUT2D eigenvalue weighted by Gasteiger charge is 2.07. The Morgan fingerprint density at radius 3 is 2.78 bits per heavy atom. The van der Waals surface area contributed by atoms with Crippen LogP contribution in [0.2, 0.25) is 0 Å². The highest BCUT2D eigenvalue weighted by atomic mass is 16.5. The van der Waals surface area contributed by atoms with Crippen molar-refractivity contribution in [3.63, 3.8) is 0 Å². The number of rotatable bonds is 8. The van der Waals surface area contributed by atoms with Crippen molar-refractivity contribution in [3.05, 3.63) is 12.1 Å². The molecule has 0 aromatic carbocycles. The van der Waals surface area contributed by atoms with Gasteiger partial charge in [-0.1, -0.05) is 0 Å². The summed E-state index contributed by atoms with van der Waals surface area (Å²) in [5.74, 6) is 1.36. The van der Waals surface area contributed by atoms with E-state index in [1.807, 2.05) is 26.1 Å². The Morgan fingerprint density at radius 1 is 1.33 bits per heavy atom. The van der Waals surface area contributed by atoms with Gasteiger partial charge in [0.2, 0.25) is 5.88 Å². The van der Waals surface area contributed by atoms with Gasteiger partial charge < -0.3 is 20.5 Å². The van der Waals surface area contributed by atoms with Crippen molar-refractivity contribution in [3.8, 4) is 5.88 Å². The van der Waals surface area contributed by atoms with E-state index >= 15 is 0 Å². The Hall–Kier alpha value is -1.49. The molecule has 0 saturated carbocycles. The summed E-state index contributed by atoms with van der Waals surface area (Å²) in [7, 11) is 1.99. The molecular weight excluding hydrogens is 230 g/mol. The maximum absolute atomic E-state index is 8.72. The molecule has 0 radical (unpaired) electrons. The van der Waals surface area contributed by atoms with E-state index in [9.17, 15) is 0 Å². The number of anilines is 2. The van der Waals surface area contributed by atoms with Gasteiger partial charge in [-0.05, 0) is 38.3 Å². The second-order valence-corrected chi connectivity index (χ2v) is 4.20. The van der Waals surface area contributed by atoms with E-state index in [-0.39, 0.29) is 6.61 Å². The van der Waals surface area contributed by atoms with E-state index in [1.54, 1.807) is 0 Å². The predicted octanol–water partition coefficient (Wildman–Crippen LogP) is 1.66.